The van der Waals surface area contributed by atoms with Crippen LogP contribution < -0.4 is 10.6 Å². The lowest BCUT2D eigenvalue weighted by Gasteiger charge is -2.26. The molecule has 0 bridgehead atoms. The summed E-state index contributed by atoms with van der Waals surface area (Å²) in [5.41, 5.74) is -1.58. The number of esters is 1. The molecule has 0 heterocycles. The molecule has 9 heteroatoms. The summed E-state index contributed by atoms with van der Waals surface area (Å²) in [4.78, 5) is 48.0. The predicted molar refractivity (Wildman–Crippen MR) is 103 cm³/mol. The molecule has 0 aromatic carbocycles. The van der Waals surface area contributed by atoms with Crippen molar-refractivity contribution in [3.05, 3.63) is 0 Å². The minimum Gasteiger partial charge on any atom is -0.481 e. The van der Waals surface area contributed by atoms with Gasteiger partial charge < -0.3 is 25.2 Å². The van der Waals surface area contributed by atoms with Gasteiger partial charge in [-0.25, -0.2) is 9.59 Å². The third-order valence-corrected chi connectivity index (χ3v) is 3.24. The van der Waals surface area contributed by atoms with Crippen molar-refractivity contribution in [2.24, 2.45) is 0 Å². The van der Waals surface area contributed by atoms with E-state index in [1.165, 1.54) is 0 Å². The second kappa shape index (κ2) is 10.9. The highest BCUT2D eigenvalue weighted by atomic mass is 16.6. The molecule has 3 N–H and O–H groups in total. The van der Waals surface area contributed by atoms with Crippen molar-refractivity contribution < 1.29 is 33.8 Å². The molecule has 0 saturated carbocycles. The zero-order chi connectivity index (χ0) is 22.1. The molecule has 9 nitrogen and oxygen atoms in total. The van der Waals surface area contributed by atoms with Gasteiger partial charge >= 0.3 is 18.0 Å². The van der Waals surface area contributed by atoms with Gasteiger partial charge in [0.15, 0.2) is 0 Å². The molecule has 0 fully saturated rings. The highest BCUT2D eigenvalue weighted by Crippen LogP contribution is 2.12. The summed E-state index contributed by atoms with van der Waals surface area (Å²) < 4.78 is 10.3. The van der Waals surface area contributed by atoms with Crippen LogP contribution in [0.5, 0.6) is 0 Å². The first kappa shape index (κ1) is 25.7. The predicted octanol–water partition coefficient (Wildman–Crippen LogP) is 2.37. The van der Waals surface area contributed by atoms with Crippen LogP contribution in [-0.2, 0) is 23.9 Å². The molecule has 0 saturated heterocycles. The van der Waals surface area contributed by atoms with Crippen molar-refractivity contribution >= 4 is 23.9 Å². The smallest absolute Gasteiger partial charge is 0.408 e. The SMILES string of the molecule is CCCC[C@H](NC(=O)OC(C)(C)C)C(=O)N[C@@H](CC(=O)O)C(=O)OC(C)(C)C. The number of carbonyl (C=O) groups is 4. The largest absolute Gasteiger partial charge is 0.481 e. The zero-order valence-corrected chi connectivity index (χ0v) is 17.9. The molecule has 2 atom stereocenters. The molecule has 162 valence electrons. The number of alkyl carbamates (subject to hydrolysis) is 1. The van der Waals surface area contributed by atoms with Crippen LogP contribution in [0.3, 0.4) is 0 Å². The van der Waals surface area contributed by atoms with E-state index >= 15 is 0 Å². The first-order valence-corrected chi connectivity index (χ1v) is 9.39. The van der Waals surface area contributed by atoms with Crippen molar-refractivity contribution in [1.29, 1.82) is 0 Å². The van der Waals surface area contributed by atoms with Crippen LogP contribution in [0.2, 0.25) is 0 Å². The number of hydrogen-bond acceptors (Lipinski definition) is 6. The Morgan fingerprint density at radius 2 is 1.43 bits per heavy atom. The second-order valence-electron chi connectivity index (χ2n) is 8.53. The van der Waals surface area contributed by atoms with Crippen LogP contribution in [-0.4, -0.2) is 52.3 Å². The Morgan fingerprint density at radius 3 is 1.86 bits per heavy atom. The molecule has 0 aromatic rings. The Balaban J connectivity index is 5.25. The second-order valence-corrected chi connectivity index (χ2v) is 8.53. The molecule has 0 aliphatic heterocycles. The summed E-state index contributed by atoms with van der Waals surface area (Å²) in [5.74, 6) is -2.78. The highest BCUT2D eigenvalue weighted by molar-refractivity contribution is 5.91. The average Bonchev–Trinajstić information content (AvgIpc) is 2.46. The maximum atomic E-state index is 12.6. The fraction of sp³-hybridized carbons (Fsp3) is 0.789. The van der Waals surface area contributed by atoms with Gasteiger partial charge in [0, 0.05) is 0 Å². The molecule has 0 aromatic heterocycles. The number of hydrogen-bond donors (Lipinski definition) is 3. The van der Waals surface area contributed by atoms with Gasteiger partial charge in [-0.1, -0.05) is 19.8 Å². The van der Waals surface area contributed by atoms with Crippen molar-refractivity contribution in [3.63, 3.8) is 0 Å². The number of nitrogens with one attached hydrogen (secondary N) is 2. The molecule has 2 amide bonds. The van der Waals surface area contributed by atoms with Gasteiger partial charge in [0.05, 0.1) is 6.42 Å². The number of ether oxygens (including phenoxy) is 2. The van der Waals surface area contributed by atoms with Gasteiger partial charge in [-0.05, 0) is 48.0 Å². The first-order chi connectivity index (χ1) is 12.6. The number of carboxylic acid groups (broad SMARTS) is 1. The van der Waals surface area contributed by atoms with E-state index in [-0.39, 0.29) is 0 Å². The van der Waals surface area contributed by atoms with Crippen molar-refractivity contribution in [3.8, 4) is 0 Å². The minimum atomic E-state index is -1.37. The molecule has 0 spiro atoms. The van der Waals surface area contributed by atoms with Crippen molar-refractivity contribution in [2.45, 2.75) is 97.4 Å². The van der Waals surface area contributed by atoms with Crippen LogP contribution in [0.4, 0.5) is 4.79 Å². The van der Waals surface area contributed by atoms with Gasteiger partial charge in [-0.3, -0.25) is 9.59 Å². The van der Waals surface area contributed by atoms with Gasteiger partial charge in [0.2, 0.25) is 5.91 Å². The van der Waals surface area contributed by atoms with E-state index in [2.05, 4.69) is 10.6 Å². The standard InChI is InChI=1S/C19H34N2O7/c1-8-9-10-12(21-17(26)28-19(5,6)7)15(24)20-13(11-14(22)23)16(25)27-18(2,3)4/h12-13H,8-11H2,1-7H3,(H,20,24)(H,21,26)(H,22,23)/t12-,13-/m0/s1. The van der Waals surface area contributed by atoms with E-state index in [1.807, 2.05) is 6.92 Å². The van der Waals surface area contributed by atoms with Gasteiger partial charge in [-0.2, -0.15) is 0 Å². The van der Waals surface area contributed by atoms with Crippen LogP contribution >= 0.6 is 0 Å². The van der Waals surface area contributed by atoms with Crippen LogP contribution in [0.15, 0.2) is 0 Å². The number of unbranched alkanes of at least 4 members (excludes halogenated alkanes) is 1. The molecule has 0 aliphatic carbocycles. The minimum absolute atomic E-state index is 0.315. The number of rotatable bonds is 9. The lowest BCUT2D eigenvalue weighted by molar-refractivity contribution is -0.161. The Labute approximate surface area is 166 Å². The van der Waals surface area contributed by atoms with Gasteiger partial charge in [-0.15, -0.1) is 0 Å². The lowest BCUT2D eigenvalue weighted by Crippen LogP contribution is -2.53. The first-order valence-electron chi connectivity index (χ1n) is 9.39. The number of carbonyl (C=O) groups excluding carboxylic acids is 3. The van der Waals surface area contributed by atoms with Gasteiger partial charge in [0.1, 0.15) is 23.3 Å². The van der Waals surface area contributed by atoms with E-state index in [1.54, 1.807) is 41.5 Å². The molecule has 28 heavy (non-hydrogen) atoms. The quantitative estimate of drug-likeness (QED) is 0.505. The Kier molecular flexibility index (Phi) is 9.97. The summed E-state index contributed by atoms with van der Waals surface area (Å²) in [6.07, 6.45) is 0.341. The average molecular weight is 402 g/mol. The summed E-state index contributed by atoms with van der Waals surface area (Å²) in [5, 5.41) is 13.9. The van der Waals surface area contributed by atoms with Crippen molar-refractivity contribution in [1.82, 2.24) is 10.6 Å². The molecular formula is C19H34N2O7. The Hall–Kier alpha value is -2.32. The maximum Gasteiger partial charge on any atom is 0.408 e. The molecule has 0 unspecified atom stereocenters. The Morgan fingerprint density at radius 1 is 0.893 bits per heavy atom. The van der Waals surface area contributed by atoms with E-state index in [0.717, 1.165) is 6.42 Å². The Bertz CT molecular complexity index is 562. The number of aliphatic carboxylic acids is 1. The van der Waals surface area contributed by atoms with Crippen LogP contribution in [0.25, 0.3) is 0 Å². The highest BCUT2D eigenvalue weighted by Gasteiger charge is 2.32. The maximum absolute atomic E-state index is 12.6. The summed E-state index contributed by atoms with van der Waals surface area (Å²) in [7, 11) is 0. The fourth-order valence-electron chi connectivity index (χ4n) is 2.14. The van der Waals surface area contributed by atoms with E-state index in [4.69, 9.17) is 14.6 Å². The van der Waals surface area contributed by atoms with Crippen LogP contribution in [0.1, 0.15) is 74.1 Å². The van der Waals surface area contributed by atoms with Gasteiger partial charge in [0.25, 0.3) is 0 Å². The van der Waals surface area contributed by atoms with Crippen LogP contribution in [0, 0.1) is 0 Å². The lowest BCUT2D eigenvalue weighted by atomic mass is 10.1. The normalized spacial score (nSPS) is 13.8. The molecular weight excluding hydrogens is 368 g/mol. The summed E-state index contributed by atoms with van der Waals surface area (Å²) >= 11 is 0. The van der Waals surface area contributed by atoms with E-state index in [9.17, 15) is 19.2 Å². The summed E-state index contributed by atoms with van der Waals surface area (Å²) in [6.45, 7) is 11.9. The fourth-order valence-corrected chi connectivity index (χ4v) is 2.14. The number of carboxylic acids is 1. The van der Waals surface area contributed by atoms with Crippen molar-refractivity contribution in [2.75, 3.05) is 0 Å². The molecule has 0 rings (SSSR count). The van der Waals surface area contributed by atoms with E-state index in [0.29, 0.717) is 12.8 Å². The molecule has 0 aliphatic rings. The topological polar surface area (TPSA) is 131 Å². The third-order valence-electron chi connectivity index (χ3n) is 3.24. The number of amides is 2. The monoisotopic (exact) mass is 402 g/mol. The summed E-state index contributed by atoms with van der Waals surface area (Å²) in [6, 6.07) is -2.33. The third kappa shape index (κ3) is 12.1. The molecule has 0 radical (unpaired) electrons. The zero-order valence-electron chi connectivity index (χ0n) is 17.9. The van der Waals surface area contributed by atoms with E-state index < -0.39 is 53.6 Å².